The number of rotatable bonds is 4. The Bertz CT molecular complexity index is 1300. The normalized spacial score (nSPS) is 11.4. The summed E-state index contributed by atoms with van der Waals surface area (Å²) in [5, 5.41) is 8.95. The molecular formula is C20H14F4N6O2. The van der Waals surface area contributed by atoms with Crippen molar-refractivity contribution in [2.45, 2.75) is 6.36 Å². The highest BCUT2D eigenvalue weighted by Crippen LogP contribution is 2.28. The molecule has 0 saturated heterocycles. The van der Waals surface area contributed by atoms with Crippen LogP contribution >= 0.6 is 0 Å². The number of benzene rings is 2. The molecule has 2 N–H and O–H groups in total. The maximum absolute atomic E-state index is 13.5. The van der Waals surface area contributed by atoms with Crippen LogP contribution < -0.4 is 15.4 Å². The van der Waals surface area contributed by atoms with Crippen LogP contribution in [0.5, 0.6) is 5.75 Å². The van der Waals surface area contributed by atoms with Crippen molar-refractivity contribution in [1.82, 2.24) is 19.7 Å². The van der Waals surface area contributed by atoms with Crippen LogP contribution in [0, 0.1) is 5.82 Å². The molecule has 164 valence electrons. The molecule has 0 aliphatic rings. The second kappa shape index (κ2) is 8.13. The molecule has 2 aromatic heterocycles. The van der Waals surface area contributed by atoms with Gasteiger partial charge in [0.25, 0.3) is 0 Å². The van der Waals surface area contributed by atoms with Crippen molar-refractivity contribution < 1.29 is 27.1 Å². The fraction of sp³-hybridized carbons (Fsp3) is 0.100. The predicted molar refractivity (Wildman–Crippen MR) is 107 cm³/mol. The average Bonchev–Trinajstić information content (AvgIpc) is 3.15. The molecule has 0 spiro atoms. The Balaban J connectivity index is 1.50. The van der Waals surface area contributed by atoms with E-state index in [4.69, 9.17) is 0 Å². The van der Waals surface area contributed by atoms with Gasteiger partial charge in [0.15, 0.2) is 11.6 Å². The summed E-state index contributed by atoms with van der Waals surface area (Å²) >= 11 is 0. The third-order valence-electron chi connectivity index (χ3n) is 4.22. The van der Waals surface area contributed by atoms with Gasteiger partial charge in [-0.2, -0.15) is 5.10 Å². The fourth-order valence-electron chi connectivity index (χ4n) is 2.86. The van der Waals surface area contributed by atoms with Crippen LogP contribution in [0.1, 0.15) is 0 Å². The number of aryl methyl sites for hydroxylation is 1. The first kappa shape index (κ1) is 21.0. The summed E-state index contributed by atoms with van der Waals surface area (Å²) in [4.78, 5) is 21.1. The number of carbonyl (C=O) groups excluding carboxylic acids is 1. The smallest absolute Gasteiger partial charge is 0.403 e. The van der Waals surface area contributed by atoms with Gasteiger partial charge in [0, 0.05) is 36.2 Å². The minimum absolute atomic E-state index is 0.0948. The van der Waals surface area contributed by atoms with Crippen molar-refractivity contribution in [1.29, 1.82) is 0 Å². The Hall–Kier alpha value is -4.22. The second-order valence-corrected chi connectivity index (χ2v) is 6.63. The van der Waals surface area contributed by atoms with E-state index in [1.807, 2.05) is 0 Å². The minimum Gasteiger partial charge on any atom is -0.403 e. The monoisotopic (exact) mass is 446 g/mol. The zero-order chi connectivity index (χ0) is 22.9. The van der Waals surface area contributed by atoms with E-state index in [0.29, 0.717) is 22.4 Å². The molecule has 4 aromatic rings. The SMILES string of the molecule is Cn1cc(-c2cnc3ccc(NC(=O)Nc4ccc(F)c(OC(F)(F)F)c4)cc3n2)cn1. The summed E-state index contributed by atoms with van der Waals surface area (Å²) in [5.74, 6) is -2.27. The zero-order valence-electron chi connectivity index (χ0n) is 16.3. The number of ether oxygens (including phenoxy) is 1. The van der Waals surface area contributed by atoms with Gasteiger partial charge in [-0.15, -0.1) is 13.2 Å². The van der Waals surface area contributed by atoms with Crippen molar-refractivity contribution in [3.8, 4) is 17.0 Å². The molecule has 2 heterocycles. The van der Waals surface area contributed by atoms with Gasteiger partial charge >= 0.3 is 12.4 Å². The lowest BCUT2D eigenvalue weighted by Crippen LogP contribution is -2.20. The van der Waals surface area contributed by atoms with Gasteiger partial charge in [0.1, 0.15) is 0 Å². The molecule has 32 heavy (non-hydrogen) atoms. The van der Waals surface area contributed by atoms with Crippen LogP contribution in [0.2, 0.25) is 0 Å². The first-order chi connectivity index (χ1) is 15.2. The molecule has 0 fully saturated rings. The van der Waals surface area contributed by atoms with Gasteiger partial charge in [-0.05, 0) is 30.3 Å². The Morgan fingerprint density at radius 2 is 1.75 bits per heavy atom. The number of urea groups is 1. The zero-order valence-corrected chi connectivity index (χ0v) is 16.3. The van der Waals surface area contributed by atoms with E-state index >= 15 is 0 Å². The minimum atomic E-state index is -5.07. The number of nitrogens with one attached hydrogen (secondary N) is 2. The first-order valence-corrected chi connectivity index (χ1v) is 9.05. The number of amides is 2. The Morgan fingerprint density at radius 3 is 2.44 bits per heavy atom. The number of nitrogens with zero attached hydrogens (tertiary/aromatic N) is 4. The van der Waals surface area contributed by atoms with Gasteiger partial charge in [0.2, 0.25) is 0 Å². The summed E-state index contributed by atoms with van der Waals surface area (Å²) < 4.78 is 55.8. The number of anilines is 2. The molecule has 2 amide bonds. The van der Waals surface area contributed by atoms with E-state index in [2.05, 4.69) is 30.4 Å². The van der Waals surface area contributed by atoms with E-state index in [9.17, 15) is 22.4 Å². The number of carbonyl (C=O) groups is 1. The van der Waals surface area contributed by atoms with Crippen molar-refractivity contribution in [3.63, 3.8) is 0 Å². The molecule has 4 rings (SSSR count). The highest BCUT2D eigenvalue weighted by atomic mass is 19.4. The molecule has 0 radical (unpaired) electrons. The van der Waals surface area contributed by atoms with Crippen molar-refractivity contribution >= 4 is 28.4 Å². The summed E-state index contributed by atoms with van der Waals surface area (Å²) in [7, 11) is 1.78. The van der Waals surface area contributed by atoms with Crippen molar-refractivity contribution in [3.05, 3.63) is 60.8 Å². The average molecular weight is 446 g/mol. The Morgan fingerprint density at radius 1 is 1.03 bits per heavy atom. The van der Waals surface area contributed by atoms with Crippen LogP contribution in [-0.2, 0) is 7.05 Å². The molecule has 0 atom stereocenters. The van der Waals surface area contributed by atoms with E-state index in [1.54, 1.807) is 48.5 Å². The number of hydrogen-bond acceptors (Lipinski definition) is 5. The maximum Gasteiger partial charge on any atom is 0.573 e. The second-order valence-electron chi connectivity index (χ2n) is 6.63. The fourth-order valence-corrected chi connectivity index (χ4v) is 2.86. The number of hydrogen-bond donors (Lipinski definition) is 2. The largest absolute Gasteiger partial charge is 0.573 e. The standard InChI is InChI=1S/C20H14F4N6O2/c1-30-10-11(8-26-30)17-9-25-15-5-3-12(6-16(15)29-17)27-19(31)28-13-2-4-14(21)18(7-13)32-20(22,23)24/h2-10H,1H3,(H2,27,28,31). The number of aromatic nitrogens is 4. The van der Waals surface area contributed by atoms with E-state index in [-0.39, 0.29) is 5.69 Å². The topological polar surface area (TPSA) is 94.0 Å². The summed E-state index contributed by atoms with van der Waals surface area (Å²) in [6, 6.07) is 6.65. The number of fused-ring (bicyclic) bond motifs is 1. The van der Waals surface area contributed by atoms with Gasteiger partial charge in [-0.3, -0.25) is 9.67 Å². The molecule has 0 saturated carbocycles. The van der Waals surface area contributed by atoms with E-state index < -0.39 is 24.0 Å². The Kier molecular flexibility index (Phi) is 5.34. The molecular weight excluding hydrogens is 432 g/mol. The summed E-state index contributed by atoms with van der Waals surface area (Å²) in [6.07, 6.45) is -0.0352. The number of alkyl halides is 3. The van der Waals surface area contributed by atoms with E-state index in [1.165, 1.54) is 0 Å². The van der Waals surface area contributed by atoms with Gasteiger partial charge in [-0.1, -0.05) is 0 Å². The van der Waals surface area contributed by atoms with Crippen LogP contribution in [0.4, 0.5) is 33.7 Å². The third-order valence-corrected chi connectivity index (χ3v) is 4.22. The van der Waals surface area contributed by atoms with Crippen molar-refractivity contribution in [2.24, 2.45) is 7.05 Å². The van der Waals surface area contributed by atoms with Crippen LogP contribution in [0.15, 0.2) is 55.0 Å². The van der Waals surface area contributed by atoms with Gasteiger partial charge in [-0.25, -0.2) is 14.2 Å². The Labute approximate surface area is 177 Å². The molecule has 2 aromatic carbocycles. The molecule has 8 nitrogen and oxygen atoms in total. The summed E-state index contributed by atoms with van der Waals surface area (Å²) in [6.45, 7) is 0. The van der Waals surface area contributed by atoms with E-state index in [0.717, 1.165) is 23.8 Å². The molecule has 12 heteroatoms. The van der Waals surface area contributed by atoms with Crippen molar-refractivity contribution in [2.75, 3.05) is 10.6 Å². The quantitative estimate of drug-likeness (QED) is 0.443. The van der Waals surface area contributed by atoms with Gasteiger partial charge in [0.05, 0.1) is 29.1 Å². The summed E-state index contributed by atoms with van der Waals surface area (Å²) in [5.41, 5.74) is 2.73. The highest BCUT2D eigenvalue weighted by molar-refractivity contribution is 6.00. The lowest BCUT2D eigenvalue weighted by molar-refractivity contribution is -0.275. The number of halogens is 4. The lowest BCUT2D eigenvalue weighted by atomic mass is 10.2. The third kappa shape index (κ3) is 4.91. The van der Waals surface area contributed by atoms with Crippen LogP contribution in [0.3, 0.4) is 0 Å². The molecule has 0 unspecified atom stereocenters. The molecule has 0 bridgehead atoms. The first-order valence-electron chi connectivity index (χ1n) is 9.05. The van der Waals surface area contributed by atoms with Crippen LogP contribution in [0.25, 0.3) is 22.3 Å². The lowest BCUT2D eigenvalue weighted by Gasteiger charge is -2.12. The molecule has 0 aliphatic carbocycles. The van der Waals surface area contributed by atoms with Crippen LogP contribution in [-0.4, -0.2) is 32.1 Å². The predicted octanol–water partition coefficient (Wildman–Crippen LogP) is 4.71. The molecule has 0 aliphatic heterocycles. The highest BCUT2D eigenvalue weighted by Gasteiger charge is 2.32. The maximum atomic E-state index is 13.5. The van der Waals surface area contributed by atoms with Gasteiger partial charge < -0.3 is 15.4 Å².